The second kappa shape index (κ2) is 8.19. The Morgan fingerprint density at radius 1 is 0.815 bits per heavy atom. The van der Waals surface area contributed by atoms with Gasteiger partial charge < -0.3 is 0 Å². The van der Waals surface area contributed by atoms with Gasteiger partial charge in [-0.05, 0) is 50.4 Å². The molecule has 0 aliphatic heterocycles. The number of allylic oxidation sites excluding steroid dienone is 4. The number of carbonyl (C=O) groups excluding carboxylic acids is 2. The third-order valence-electron chi connectivity index (χ3n) is 6.25. The number of hydrogen-bond donors (Lipinski definition) is 2. The summed E-state index contributed by atoms with van der Waals surface area (Å²) in [4.78, 5) is 23.7. The summed E-state index contributed by atoms with van der Waals surface area (Å²) in [5.41, 5.74) is 7.55. The Labute approximate surface area is 160 Å². The first-order valence-corrected chi connectivity index (χ1v) is 10.2. The zero-order valence-corrected chi connectivity index (χ0v) is 15.7. The van der Waals surface area contributed by atoms with E-state index in [-0.39, 0.29) is 11.8 Å². The molecule has 2 amide bonds. The lowest BCUT2D eigenvalue weighted by Gasteiger charge is -2.31. The van der Waals surface area contributed by atoms with Gasteiger partial charge in [-0.15, -0.1) is 0 Å². The Hall–Kier alpha value is -2.24. The summed E-state index contributed by atoms with van der Waals surface area (Å²) < 4.78 is 0. The molecule has 4 aliphatic rings. The monoisotopic (exact) mass is 368 g/mol. The molecule has 2 N–H and O–H groups in total. The third-order valence-corrected chi connectivity index (χ3v) is 6.25. The van der Waals surface area contributed by atoms with Crippen molar-refractivity contribution in [2.24, 2.45) is 33.9 Å². The minimum atomic E-state index is -0.0343. The molecule has 6 nitrogen and oxygen atoms in total. The number of nitrogens with one attached hydrogen (secondary N) is 2. The van der Waals surface area contributed by atoms with Gasteiger partial charge in [-0.2, -0.15) is 10.2 Å². The Morgan fingerprint density at radius 2 is 1.30 bits per heavy atom. The average molecular weight is 368 g/mol. The van der Waals surface area contributed by atoms with Crippen molar-refractivity contribution in [3.8, 4) is 0 Å². The summed E-state index contributed by atoms with van der Waals surface area (Å²) in [5, 5.41) is 8.52. The zero-order valence-electron chi connectivity index (χ0n) is 15.7. The highest BCUT2D eigenvalue weighted by molar-refractivity contribution is 5.96. The normalized spacial score (nSPS) is 32.7. The molecular weight excluding hydrogens is 340 g/mol. The quantitative estimate of drug-likeness (QED) is 0.392. The summed E-state index contributed by atoms with van der Waals surface area (Å²) in [7, 11) is 0. The van der Waals surface area contributed by atoms with E-state index in [2.05, 4.69) is 45.4 Å². The van der Waals surface area contributed by atoms with Crippen LogP contribution in [0.1, 0.15) is 57.8 Å². The van der Waals surface area contributed by atoms with Crippen LogP contribution in [0.2, 0.25) is 0 Å². The molecule has 0 aromatic rings. The van der Waals surface area contributed by atoms with Crippen LogP contribution >= 0.6 is 0 Å². The molecule has 0 heterocycles. The number of amides is 2. The molecule has 144 valence electrons. The first kappa shape index (κ1) is 18.1. The molecular formula is C21H28N4O2. The highest BCUT2D eigenvalue weighted by Gasteiger charge is 2.38. The van der Waals surface area contributed by atoms with E-state index in [1.807, 2.05) is 0 Å². The lowest BCUT2D eigenvalue weighted by Crippen LogP contribution is -2.35. The van der Waals surface area contributed by atoms with Crippen LogP contribution in [0.25, 0.3) is 0 Å². The summed E-state index contributed by atoms with van der Waals surface area (Å²) in [6, 6.07) is 0. The standard InChI is InChI=1S/C21H28N4O2/c26-20(24-22-18-12-14-6-4-8-16(14)18)10-2-1-3-11-21(27)25-23-19-13-15-7-5-9-17(15)19/h4-5,8-9,14-17H,1-3,6-7,10-13H2,(H,24,26)(H,25,27)/b22-18-,23-19-/t14-,15+,16+,17-. The first-order valence-electron chi connectivity index (χ1n) is 10.2. The molecule has 2 saturated carbocycles. The van der Waals surface area contributed by atoms with E-state index in [4.69, 9.17) is 0 Å². The van der Waals surface area contributed by atoms with Gasteiger partial charge >= 0.3 is 0 Å². The van der Waals surface area contributed by atoms with Crippen LogP contribution in [0, 0.1) is 23.7 Å². The molecule has 0 aromatic heterocycles. The van der Waals surface area contributed by atoms with Crippen molar-refractivity contribution in [2.45, 2.75) is 57.8 Å². The largest absolute Gasteiger partial charge is 0.273 e. The maximum Gasteiger partial charge on any atom is 0.240 e. The number of fused-ring (bicyclic) bond motifs is 2. The Kier molecular flexibility index (Phi) is 5.50. The van der Waals surface area contributed by atoms with Crippen LogP contribution in [-0.2, 0) is 9.59 Å². The molecule has 4 aliphatic carbocycles. The molecule has 0 bridgehead atoms. The van der Waals surface area contributed by atoms with Gasteiger partial charge in [0, 0.05) is 36.1 Å². The third kappa shape index (κ3) is 4.20. The van der Waals surface area contributed by atoms with Crippen LogP contribution in [0.4, 0.5) is 0 Å². The predicted octanol–water partition coefficient (Wildman–Crippen LogP) is 3.07. The number of carbonyl (C=O) groups is 2. The summed E-state index contributed by atoms with van der Waals surface area (Å²) in [5.74, 6) is 2.29. The number of hydrazone groups is 2. The number of nitrogens with zero attached hydrogens (tertiary/aromatic N) is 2. The Bertz CT molecular complexity index is 662. The summed E-state index contributed by atoms with van der Waals surface area (Å²) in [6.45, 7) is 0. The molecule has 2 fully saturated rings. The van der Waals surface area contributed by atoms with Gasteiger partial charge in [-0.25, -0.2) is 10.9 Å². The lowest BCUT2D eigenvalue weighted by atomic mass is 9.74. The van der Waals surface area contributed by atoms with E-state index in [0.29, 0.717) is 24.7 Å². The molecule has 6 heteroatoms. The van der Waals surface area contributed by atoms with Crippen molar-refractivity contribution >= 4 is 23.2 Å². The number of unbranched alkanes of at least 4 members (excludes halogenated alkanes) is 2. The smallest absolute Gasteiger partial charge is 0.240 e. The molecule has 0 unspecified atom stereocenters. The van der Waals surface area contributed by atoms with Crippen molar-refractivity contribution in [2.75, 3.05) is 0 Å². The number of rotatable bonds is 8. The maximum atomic E-state index is 11.8. The Morgan fingerprint density at radius 3 is 1.74 bits per heavy atom. The maximum absolute atomic E-state index is 11.8. The van der Waals surface area contributed by atoms with Crippen molar-refractivity contribution in [1.82, 2.24) is 10.9 Å². The second-order valence-corrected chi connectivity index (χ2v) is 8.14. The van der Waals surface area contributed by atoms with E-state index in [0.717, 1.165) is 68.2 Å². The van der Waals surface area contributed by atoms with E-state index >= 15 is 0 Å². The Balaban J connectivity index is 1.04. The minimum absolute atomic E-state index is 0.0343. The van der Waals surface area contributed by atoms with Gasteiger partial charge in [0.2, 0.25) is 11.8 Å². The fraction of sp³-hybridized carbons (Fsp3) is 0.619. The van der Waals surface area contributed by atoms with E-state index in [1.165, 1.54) is 0 Å². The van der Waals surface area contributed by atoms with Crippen LogP contribution in [0.3, 0.4) is 0 Å². The fourth-order valence-electron chi connectivity index (χ4n) is 4.45. The van der Waals surface area contributed by atoms with Crippen LogP contribution in [0.5, 0.6) is 0 Å². The van der Waals surface area contributed by atoms with E-state index < -0.39 is 0 Å². The van der Waals surface area contributed by atoms with E-state index in [9.17, 15) is 9.59 Å². The fourth-order valence-corrected chi connectivity index (χ4v) is 4.45. The van der Waals surface area contributed by atoms with Crippen molar-refractivity contribution in [1.29, 1.82) is 0 Å². The highest BCUT2D eigenvalue weighted by Crippen LogP contribution is 2.40. The summed E-state index contributed by atoms with van der Waals surface area (Å²) >= 11 is 0. The van der Waals surface area contributed by atoms with E-state index in [1.54, 1.807) is 0 Å². The minimum Gasteiger partial charge on any atom is -0.273 e. The summed E-state index contributed by atoms with van der Waals surface area (Å²) in [6.07, 6.45) is 16.4. The SMILES string of the molecule is O=C(CCCCCC(=O)N/N=C1/C[C@@H]2CC=C[C@@H]12)N/N=C1/C[C@H]2CC=C[C@H]12. The molecule has 4 atom stereocenters. The molecule has 0 saturated heterocycles. The van der Waals surface area contributed by atoms with Crippen LogP contribution in [-0.4, -0.2) is 23.2 Å². The average Bonchev–Trinajstić information content (AvgIpc) is 3.18. The number of hydrogen-bond acceptors (Lipinski definition) is 4. The van der Waals surface area contributed by atoms with Crippen molar-refractivity contribution < 1.29 is 9.59 Å². The van der Waals surface area contributed by atoms with Gasteiger partial charge in [0.1, 0.15) is 0 Å². The topological polar surface area (TPSA) is 82.9 Å². The van der Waals surface area contributed by atoms with Gasteiger partial charge in [0.25, 0.3) is 0 Å². The molecule has 4 rings (SSSR count). The van der Waals surface area contributed by atoms with Gasteiger partial charge in [-0.1, -0.05) is 30.7 Å². The van der Waals surface area contributed by atoms with Crippen molar-refractivity contribution in [3.05, 3.63) is 24.3 Å². The second-order valence-electron chi connectivity index (χ2n) is 8.14. The van der Waals surface area contributed by atoms with Gasteiger partial charge in [0.15, 0.2) is 0 Å². The predicted molar refractivity (Wildman–Crippen MR) is 105 cm³/mol. The lowest BCUT2D eigenvalue weighted by molar-refractivity contribution is -0.121. The van der Waals surface area contributed by atoms with Crippen molar-refractivity contribution in [3.63, 3.8) is 0 Å². The molecule has 0 spiro atoms. The van der Waals surface area contributed by atoms with Gasteiger partial charge in [0.05, 0.1) is 0 Å². The zero-order chi connectivity index (χ0) is 18.6. The van der Waals surface area contributed by atoms with Crippen LogP contribution < -0.4 is 10.9 Å². The van der Waals surface area contributed by atoms with Crippen LogP contribution in [0.15, 0.2) is 34.5 Å². The van der Waals surface area contributed by atoms with Gasteiger partial charge in [-0.3, -0.25) is 9.59 Å². The highest BCUT2D eigenvalue weighted by atomic mass is 16.2. The first-order chi connectivity index (χ1) is 13.2. The molecule has 0 aromatic carbocycles. The molecule has 27 heavy (non-hydrogen) atoms. The molecule has 0 radical (unpaired) electrons.